The summed E-state index contributed by atoms with van der Waals surface area (Å²) < 4.78 is 19.0. The van der Waals surface area contributed by atoms with Crippen molar-refractivity contribution in [1.29, 1.82) is 0 Å². The molecule has 0 radical (unpaired) electrons. The first-order valence-electron chi connectivity index (χ1n) is 10.2. The molecule has 0 aliphatic carbocycles. The van der Waals surface area contributed by atoms with Crippen LogP contribution in [-0.2, 0) is 0 Å². The summed E-state index contributed by atoms with van der Waals surface area (Å²) in [6.07, 6.45) is 2.12. The lowest BCUT2D eigenvalue weighted by atomic mass is 9.98. The lowest BCUT2D eigenvalue weighted by molar-refractivity contribution is -0.516. The summed E-state index contributed by atoms with van der Waals surface area (Å²) in [4.78, 5) is 0. The number of rotatable bonds is 4. The second-order valence-electron chi connectivity index (χ2n) is 7.60. The molecule has 0 atom stereocenters. The van der Waals surface area contributed by atoms with Crippen molar-refractivity contribution in [3.63, 3.8) is 0 Å². The van der Waals surface area contributed by atoms with E-state index in [0.717, 1.165) is 55.7 Å². The molecule has 0 bridgehead atoms. The van der Waals surface area contributed by atoms with Crippen molar-refractivity contribution in [2.75, 3.05) is 21.3 Å². The number of hydrogen-bond donors (Lipinski definition) is 0. The highest BCUT2D eigenvalue weighted by Crippen LogP contribution is 2.37. The first-order valence-corrected chi connectivity index (χ1v) is 10.2. The first kappa shape index (κ1) is 19.2. The highest BCUT2D eigenvalue weighted by Gasteiger charge is 2.19. The maximum atomic E-state index is 5.73. The quantitative estimate of drug-likeness (QED) is 0.215. The van der Waals surface area contributed by atoms with Crippen LogP contribution in [0.25, 0.3) is 38.2 Å². The van der Waals surface area contributed by atoms with Gasteiger partial charge in [0, 0.05) is 24.6 Å². The zero-order chi connectivity index (χ0) is 21.5. The number of ether oxygens (including phenoxy) is 3. The lowest BCUT2D eigenvalue weighted by Crippen LogP contribution is -2.25. The average Bonchev–Trinajstić information content (AvgIpc) is 2.83. The topological polar surface area (TPSA) is 31.8 Å². The molecule has 0 aliphatic rings. The first-order chi connectivity index (χ1) is 15.1. The van der Waals surface area contributed by atoms with Crippen molar-refractivity contribution >= 4 is 27.1 Å². The Hall–Kier alpha value is -3.79. The van der Waals surface area contributed by atoms with Crippen molar-refractivity contribution in [1.82, 2.24) is 0 Å². The van der Waals surface area contributed by atoms with Gasteiger partial charge in [-0.3, -0.25) is 0 Å². The van der Waals surface area contributed by atoms with Gasteiger partial charge in [0.2, 0.25) is 5.52 Å². The zero-order valence-corrected chi connectivity index (χ0v) is 18.1. The van der Waals surface area contributed by atoms with E-state index in [-0.39, 0.29) is 0 Å². The molecule has 0 saturated heterocycles. The fraction of sp³-hybridized carbons (Fsp3) is 0.148. The second kappa shape index (κ2) is 7.47. The third-order valence-electron chi connectivity index (χ3n) is 5.99. The van der Waals surface area contributed by atoms with Crippen LogP contribution in [0, 0.1) is 6.92 Å². The van der Waals surface area contributed by atoms with E-state index in [1.807, 2.05) is 30.3 Å². The van der Waals surface area contributed by atoms with Crippen LogP contribution in [-0.4, -0.2) is 21.3 Å². The summed E-state index contributed by atoms with van der Waals surface area (Å²) >= 11 is 0. The van der Waals surface area contributed by atoms with E-state index >= 15 is 0 Å². The standard InChI is InChI=1S/C27H24NO3/c1-17-21-16-27(31-4)26(30-3)14-20(21)12-24-22-15-23(18-8-6-5-7-9-18)25(29-2)13-19(22)10-11-28(17)24/h5-16H,1-4H3/q+1. The Morgan fingerprint density at radius 2 is 1.32 bits per heavy atom. The van der Waals surface area contributed by atoms with Gasteiger partial charge in [0.15, 0.2) is 23.4 Å². The molecule has 31 heavy (non-hydrogen) atoms. The van der Waals surface area contributed by atoms with Crippen molar-refractivity contribution in [3.8, 4) is 28.4 Å². The predicted octanol–water partition coefficient (Wildman–Crippen LogP) is 5.73. The minimum absolute atomic E-state index is 0.727. The Bertz CT molecular complexity index is 1440. The zero-order valence-electron chi connectivity index (χ0n) is 18.1. The molecule has 4 heteroatoms. The predicted molar refractivity (Wildman–Crippen MR) is 124 cm³/mol. The Labute approximate surface area is 181 Å². The van der Waals surface area contributed by atoms with Crippen LogP contribution in [0.5, 0.6) is 17.2 Å². The summed E-state index contributed by atoms with van der Waals surface area (Å²) in [6.45, 7) is 2.13. The number of methoxy groups -OCH3 is 3. The van der Waals surface area contributed by atoms with Gasteiger partial charge in [0.05, 0.1) is 32.1 Å². The van der Waals surface area contributed by atoms with Crippen LogP contribution in [0.3, 0.4) is 0 Å². The van der Waals surface area contributed by atoms with Crippen LogP contribution in [0.15, 0.2) is 72.9 Å². The number of pyridine rings is 2. The Balaban J connectivity index is 1.88. The van der Waals surface area contributed by atoms with Gasteiger partial charge in [0.1, 0.15) is 5.75 Å². The summed E-state index contributed by atoms with van der Waals surface area (Å²) in [6, 6.07) is 23.1. The van der Waals surface area contributed by atoms with Gasteiger partial charge < -0.3 is 14.2 Å². The third-order valence-corrected chi connectivity index (χ3v) is 5.99. The molecule has 0 saturated carbocycles. The molecule has 5 aromatic rings. The normalized spacial score (nSPS) is 11.2. The van der Waals surface area contributed by atoms with E-state index in [4.69, 9.17) is 14.2 Å². The van der Waals surface area contributed by atoms with E-state index in [1.54, 1.807) is 21.3 Å². The molecule has 0 aliphatic heterocycles. The fourth-order valence-electron chi connectivity index (χ4n) is 4.38. The number of hydrogen-bond acceptors (Lipinski definition) is 3. The highest BCUT2D eigenvalue weighted by molar-refractivity contribution is 6.01. The Morgan fingerprint density at radius 3 is 2.03 bits per heavy atom. The average molecular weight is 410 g/mol. The van der Waals surface area contributed by atoms with Crippen LogP contribution in [0.4, 0.5) is 0 Å². The lowest BCUT2D eigenvalue weighted by Gasteiger charge is -2.12. The monoisotopic (exact) mass is 410 g/mol. The minimum atomic E-state index is 0.727. The Morgan fingerprint density at radius 1 is 0.645 bits per heavy atom. The van der Waals surface area contributed by atoms with Crippen molar-refractivity contribution in [2.24, 2.45) is 0 Å². The molecule has 3 aromatic carbocycles. The molecule has 0 amide bonds. The van der Waals surface area contributed by atoms with E-state index in [9.17, 15) is 0 Å². The van der Waals surface area contributed by atoms with Crippen LogP contribution in [0.2, 0.25) is 0 Å². The SMILES string of the molecule is COc1cc2cc3c4cc(-c5ccccc5)c(OC)cc4cc[n+]3c(C)c2cc1OC. The fourth-order valence-corrected chi connectivity index (χ4v) is 4.38. The molecular weight excluding hydrogens is 386 g/mol. The molecule has 5 rings (SSSR count). The number of aryl methyl sites for hydroxylation is 1. The molecule has 0 unspecified atom stereocenters. The molecule has 2 heterocycles. The second-order valence-corrected chi connectivity index (χ2v) is 7.60. The molecule has 0 N–H and O–H groups in total. The van der Waals surface area contributed by atoms with E-state index in [1.165, 1.54) is 5.39 Å². The van der Waals surface area contributed by atoms with Gasteiger partial charge in [0.25, 0.3) is 0 Å². The van der Waals surface area contributed by atoms with E-state index in [0.29, 0.717) is 0 Å². The summed E-state index contributed by atoms with van der Waals surface area (Å²) in [7, 11) is 5.06. The van der Waals surface area contributed by atoms with Gasteiger partial charge in [-0.15, -0.1) is 0 Å². The molecular formula is C27H24NO3+. The Kier molecular flexibility index (Phi) is 4.63. The summed E-state index contributed by atoms with van der Waals surface area (Å²) in [5, 5.41) is 4.55. The molecule has 2 aromatic heterocycles. The molecule has 154 valence electrons. The summed E-state index contributed by atoms with van der Waals surface area (Å²) in [5.41, 5.74) is 4.49. The molecule has 0 spiro atoms. The van der Waals surface area contributed by atoms with Gasteiger partial charge in [-0.25, -0.2) is 0 Å². The van der Waals surface area contributed by atoms with Crippen molar-refractivity contribution < 1.29 is 18.6 Å². The number of aromatic nitrogens is 1. The van der Waals surface area contributed by atoms with Gasteiger partial charge >= 0.3 is 0 Å². The van der Waals surface area contributed by atoms with Crippen molar-refractivity contribution in [3.05, 3.63) is 78.6 Å². The van der Waals surface area contributed by atoms with Crippen LogP contribution >= 0.6 is 0 Å². The smallest absolute Gasteiger partial charge is 0.219 e. The molecule has 4 nitrogen and oxygen atoms in total. The number of nitrogens with zero attached hydrogens (tertiary/aromatic N) is 1. The van der Waals surface area contributed by atoms with Crippen LogP contribution < -0.4 is 18.6 Å². The minimum Gasteiger partial charge on any atom is -0.496 e. The van der Waals surface area contributed by atoms with Gasteiger partial charge in [-0.05, 0) is 40.6 Å². The van der Waals surface area contributed by atoms with Crippen molar-refractivity contribution in [2.45, 2.75) is 6.92 Å². The van der Waals surface area contributed by atoms with E-state index in [2.05, 4.69) is 53.9 Å². The maximum absolute atomic E-state index is 5.73. The van der Waals surface area contributed by atoms with Gasteiger partial charge in [-0.2, -0.15) is 4.40 Å². The number of fused-ring (bicyclic) bond motifs is 4. The van der Waals surface area contributed by atoms with E-state index < -0.39 is 0 Å². The maximum Gasteiger partial charge on any atom is 0.219 e. The largest absolute Gasteiger partial charge is 0.496 e. The highest BCUT2D eigenvalue weighted by atomic mass is 16.5. The number of benzene rings is 3. The summed E-state index contributed by atoms with van der Waals surface area (Å²) in [5.74, 6) is 2.33. The molecule has 0 fully saturated rings. The van der Waals surface area contributed by atoms with Gasteiger partial charge in [-0.1, -0.05) is 30.3 Å². The van der Waals surface area contributed by atoms with Crippen LogP contribution in [0.1, 0.15) is 5.69 Å². The third kappa shape index (κ3) is 3.03.